The fourth-order valence-corrected chi connectivity index (χ4v) is 4.78. The summed E-state index contributed by atoms with van der Waals surface area (Å²) < 4.78 is 5.46. The molecule has 3 heterocycles. The van der Waals surface area contributed by atoms with Crippen molar-refractivity contribution in [2.45, 2.75) is 36.7 Å². The molecule has 23 heavy (non-hydrogen) atoms. The van der Waals surface area contributed by atoms with Gasteiger partial charge in [0, 0.05) is 18.7 Å². The number of carbonyl (C=O) groups is 2. The van der Waals surface area contributed by atoms with Crippen molar-refractivity contribution < 1.29 is 14.0 Å². The Hall–Kier alpha value is -1.47. The van der Waals surface area contributed by atoms with E-state index in [9.17, 15) is 9.59 Å². The molecular weight excluding hydrogens is 314 g/mol. The van der Waals surface area contributed by atoms with Crippen molar-refractivity contribution in [3.8, 4) is 0 Å². The number of hydrogen-bond acceptors (Lipinski definition) is 5. The third-order valence-corrected chi connectivity index (χ3v) is 6.22. The van der Waals surface area contributed by atoms with Gasteiger partial charge in [0.05, 0.1) is 17.2 Å². The molecule has 2 aliphatic rings. The van der Waals surface area contributed by atoms with Crippen LogP contribution < -0.4 is 5.32 Å². The number of nitrogens with one attached hydrogen (secondary N) is 1. The van der Waals surface area contributed by atoms with Gasteiger partial charge in [-0.25, -0.2) is 0 Å². The van der Waals surface area contributed by atoms with Gasteiger partial charge in [0.25, 0.3) is 0 Å². The summed E-state index contributed by atoms with van der Waals surface area (Å²) in [6, 6.07) is 3.36. The van der Waals surface area contributed by atoms with Crippen LogP contribution in [0.3, 0.4) is 0 Å². The van der Waals surface area contributed by atoms with Crippen molar-refractivity contribution >= 4 is 23.6 Å². The van der Waals surface area contributed by atoms with Gasteiger partial charge in [0.1, 0.15) is 11.8 Å². The maximum absolute atomic E-state index is 12.6. The van der Waals surface area contributed by atoms with Gasteiger partial charge in [-0.3, -0.25) is 14.5 Å². The molecule has 3 atom stereocenters. The van der Waals surface area contributed by atoms with Crippen molar-refractivity contribution in [2.24, 2.45) is 0 Å². The molecule has 126 valence electrons. The van der Waals surface area contributed by atoms with Gasteiger partial charge in [-0.2, -0.15) is 0 Å². The van der Waals surface area contributed by atoms with Gasteiger partial charge < -0.3 is 14.6 Å². The third-order valence-electron chi connectivity index (χ3n) is 4.71. The van der Waals surface area contributed by atoms with E-state index in [0.717, 1.165) is 12.2 Å². The quantitative estimate of drug-likeness (QED) is 0.881. The van der Waals surface area contributed by atoms with Gasteiger partial charge in [-0.1, -0.05) is 0 Å². The maximum atomic E-state index is 12.6. The van der Waals surface area contributed by atoms with Gasteiger partial charge >= 0.3 is 0 Å². The number of likely N-dealkylation sites (N-methyl/N-ethyl adjacent to an activating group) is 1. The van der Waals surface area contributed by atoms with Crippen LogP contribution >= 0.6 is 11.8 Å². The minimum Gasteiger partial charge on any atom is -0.468 e. The number of carbonyl (C=O) groups excluding carboxylic acids is 2. The van der Waals surface area contributed by atoms with E-state index in [-0.39, 0.29) is 28.8 Å². The molecule has 2 saturated heterocycles. The summed E-state index contributed by atoms with van der Waals surface area (Å²) in [7, 11) is 3.90. The van der Waals surface area contributed by atoms with E-state index < -0.39 is 0 Å². The largest absolute Gasteiger partial charge is 0.468 e. The summed E-state index contributed by atoms with van der Waals surface area (Å²) in [5.74, 6) is 1.50. The number of nitrogens with zero attached hydrogens (tertiary/aromatic N) is 2. The van der Waals surface area contributed by atoms with Gasteiger partial charge in [-0.15, -0.1) is 11.8 Å². The number of amides is 2. The highest BCUT2D eigenvalue weighted by Crippen LogP contribution is 2.47. The topological polar surface area (TPSA) is 65.8 Å². The molecule has 1 N–H and O–H groups in total. The highest BCUT2D eigenvalue weighted by molar-refractivity contribution is 8.01. The Morgan fingerprint density at radius 3 is 3.04 bits per heavy atom. The fourth-order valence-electron chi connectivity index (χ4n) is 3.35. The van der Waals surface area contributed by atoms with E-state index in [2.05, 4.69) is 12.2 Å². The molecule has 1 aromatic heterocycles. The molecular formula is C16H23N3O3S. The summed E-state index contributed by atoms with van der Waals surface area (Å²) in [6.45, 7) is 2.51. The van der Waals surface area contributed by atoms with Crippen LogP contribution in [0.5, 0.6) is 0 Å². The predicted molar refractivity (Wildman–Crippen MR) is 88.9 cm³/mol. The Labute approximate surface area is 140 Å². The lowest BCUT2D eigenvalue weighted by molar-refractivity contribution is -0.138. The van der Waals surface area contributed by atoms with Gasteiger partial charge in [0.2, 0.25) is 11.8 Å². The molecule has 1 aromatic rings. The lowest BCUT2D eigenvalue weighted by Crippen LogP contribution is -2.51. The Kier molecular flexibility index (Phi) is 4.42. The van der Waals surface area contributed by atoms with Crippen LogP contribution in [-0.2, 0) is 9.59 Å². The molecule has 2 fully saturated rings. The molecule has 7 heteroatoms. The molecule has 0 aromatic carbocycles. The van der Waals surface area contributed by atoms with E-state index in [1.807, 2.05) is 31.1 Å². The minimum absolute atomic E-state index is 0.0244. The lowest BCUT2D eigenvalue weighted by atomic mass is 10.2. The number of furan rings is 1. The van der Waals surface area contributed by atoms with Crippen LogP contribution in [0.2, 0.25) is 0 Å². The first-order chi connectivity index (χ1) is 10.9. The van der Waals surface area contributed by atoms with E-state index in [1.165, 1.54) is 0 Å². The number of thioether (sulfide) groups is 1. The van der Waals surface area contributed by atoms with Crippen LogP contribution in [0.25, 0.3) is 0 Å². The predicted octanol–water partition coefficient (Wildman–Crippen LogP) is 1.45. The molecule has 3 rings (SSSR count). The van der Waals surface area contributed by atoms with Crippen molar-refractivity contribution in [3.05, 3.63) is 24.2 Å². The van der Waals surface area contributed by atoms with Crippen molar-refractivity contribution in [1.29, 1.82) is 0 Å². The molecule has 0 bridgehead atoms. The first kappa shape index (κ1) is 16.4. The normalized spacial score (nSPS) is 28.3. The van der Waals surface area contributed by atoms with E-state index in [1.54, 1.807) is 22.9 Å². The van der Waals surface area contributed by atoms with Gasteiger partial charge in [0.15, 0.2) is 0 Å². The summed E-state index contributed by atoms with van der Waals surface area (Å²) in [5, 5.41) is 3.00. The molecule has 6 nitrogen and oxygen atoms in total. The molecule has 0 radical (unpaired) electrons. The molecule has 0 saturated carbocycles. The first-order valence-corrected chi connectivity index (χ1v) is 8.84. The summed E-state index contributed by atoms with van der Waals surface area (Å²) in [5.41, 5.74) is 0. The monoisotopic (exact) mass is 337 g/mol. The van der Waals surface area contributed by atoms with Crippen LogP contribution in [0.4, 0.5) is 0 Å². The van der Waals surface area contributed by atoms with Crippen LogP contribution in [0.1, 0.15) is 31.6 Å². The van der Waals surface area contributed by atoms with Gasteiger partial charge in [-0.05, 0) is 39.6 Å². The smallest absolute Gasteiger partial charge is 0.243 e. The standard InChI is InChI=1S/C16H23N3O3S/c1-16-7-6-14(20)19(16)12(10-23-16)15(21)17-9-11(18(2)3)13-5-4-8-22-13/h4-5,8,11-12H,6-7,9-10H2,1-3H3,(H,17,21). The van der Waals surface area contributed by atoms with E-state index in [4.69, 9.17) is 4.42 Å². The highest BCUT2D eigenvalue weighted by Gasteiger charge is 2.52. The third kappa shape index (κ3) is 2.99. The lowest BCUT2D eigenvalue weighted by Gasteiger charge is -2.30. The number of rotatable bonds is 5. The minimum atomic E-state index is -0.362. The first-order valence-electron chi connectivity index (χ1n) is 7.86. The van der Waals surface area contributed by atoms with Crippen molar-refractivity contribution in [2.75, 3.05) is 26.4 Å². The fraction of sp³-hybridized carbons (Fsp3) is 0.625. The van der Waals surface area contributed by atoms with Crippen LogP contribution in [0.15, 0.2) is 22.8 Å². The van der Waals surface area contributed by atoms with E-state index >= 15 is 0 Å². The highest BCUT2D eigenvalue weighted by atomic mass is 32.2. The summed E-state index contributed by atoms with van der Waals surface area (Å²) in [6.07, 6.45) is 3.00. The number of fused-ring (bicyclic) bond motifs is 1. The molecule has 2 aliphatic heterocycles. The number of hydrogen-bond donors (Lipinski definition) is 1. The van der Waals surface area contributed by atoms with Crippen LogP contribution in [0, 0.1) is 0 Å². The zero-order chi connectivity index (χ0) is 16.6. The molecule has 0 spiro atoms. The Bertz CT molecular complexity index is 589. The molecule has 3 unspecified atom stereocenters. The SMILES string of the molecule is CN(C)C(CNC(=O)C1CSC2(C)CCC(=O)N12)c1ccco1. The van der Waals surface area contributed by atoms with Crippen molar-refractivity contribution in [3.63, 3.8) is 0 Å². The zero-order valence-electron chi connectivity index (χ0n) is 13.7. The van der Waals surface area contributed by atoms with Crippen molar-refractivity contribution in [1.82, 2.24) is 15.1 Å². The Morgan fingerprint density at radius 1 is 1.61 bits per heavy atom. The maximum Gasteiger partial charge on any atom is 0.243 e. The summed E-state index contributed by atoms with van der Waals surface area (Å²) in [4.78, 5) is 28.3. The van der Waals surface area contributed by atoms with E-state index in [0.29, 0.717) is 18.7 Å². The average Bonchev–Trinajstić information content (AvgIpc) is 3.18. The zero-order valence-corrected chi connectivity index (χ0v) is 14.6. The molecule has 0 aliphatic carbocycles. The Balaban J connectivity index is 1.64. The average molecular weight is 337 g/mol. The van der Waals surface area contributed by atoms with Crippen LogP contribution in [-0.4, -0.2) is 58.9 Å². The Morgan fingerprint density at radius 2 is 2.39 bits per heavy atom. The second-order valence-corrected chi connectivity index (χ2v) is 8.01. The second kappa shape index (κ2) is 6.20. The summed E-state index contributed by atoms with van der Waals surface area (Å²) >= 11 is 1.71. The second-order valence-electron chi connectivity index (χ2n) is 6.51. The molecule has 2 amide bonds.